The van der Waals surface area contributed by atoms with Crippen LogP contribution in [0.2, 0.25) is 0 Å². The number of hydrogen-bond acceptors (Lipinski definition) is 4. The van der Waals surface area contributed by atoms with Crippen LogP contribution in [0.4, 0.5) is 0 Å². The average molecular weight is 412 g/mol. The summed E-state index contributed by atoms with van der Waals surface area (Å²) in [6, 6.07) is 10.6. The van der Waals surface area contributed by atoms with Crippen molar-refractivity contribution in [1.82, 2.24) is 14.7 Å². The number of carbonyl (C=O) groups is 2. The molecule has 5 nitrogen and oxygen atoms in total. The molecule has 1 fully saturated rings. The Balaban J connectivity index is 1.26. The number of aryl methyl sites for hydroxylation is 3. The number of nitrogens with zero attached hydrogens (tertiary/aromatic N) is 3. The summed E-state index contributed by atoms with van der Waals surface area (Å²) in [6.07, 6.45) is 3.36. The van der Waals surface area contributed by atoms with E-state index >= 15 is 0 Å². The molecule has 1 saturated heterocycles. The first-order valence-electron chi connectivity index (χ1n) is 10.4. The van der Waals surface area contributed by atoms with Crippen molar-refractivity contribution in [3.8, 4) is 0 Å². The third-order valence-corrected chi connectivity index (χ3v) is 7.12. The molecule has 2 heterocycles. The van der Waals surface area contributed by atoms with Crippen LogP contribution in [-0.4, -0.2) is 66.3 Å². The predicted molar refractivity (Wildman–Crippen MR) is 116 cm³/mol. The van der Waals surface area contributed by atoms with Crippen LogP contribution in [0.1, 0.15) is 37.7 Å². The molecule has 0 saturated carbocycles. The summed E-state index contributed by atoms with van der Waals surface area (Å²) < 4.78 is 0. The second kappa shape index (κ2) is 8.67. The molecule has 154 valence electrons. The minimum Gasteiger partial charge on any atom is -0.339 e. The molecule has 1 aromatic heterocycles. The van der Waals surface area contributed by atoms with Crippen molar-refractivity contribution in [3.63, 3.8) is 0 Å². The second-order valence-electron chi connectivity index (χ2n) is 8.22. The van der Waals surface area contributed by atoms with E-state index in [1.807, 2.05) is 11.0 Å². The van der Waals surface area contributed by atoms with E-state index in [0.717, 1.165) is 50.4 Å². The van der Waals surface area contributed by atoms with Crippen molar-refractivity contribution in [2.24, 2.45) is 0 Å². The van der Waals surface area contributed by atoms with Gasteiger partial charge in [0.05, 0.1) is 11.4 Å². The first-order chi connectivity index (χ1) is 14.0. The Bertz CT molecular complexity index is 878. The van der Waals surface area contributed by atoms with Crippen molar-refractivity contribution in [3.05, 3.63) is 56.8 Å². The Morgan fingerprint density at radius 2 is 1.90 bits per heavy atom. The van der Waals surface area contributed by atoms with Gasteiger partial charge in [-0.05, 0) is 43.4 Å². The number of amides is 2. The monoisotopic (exact) mass is 411 g/mol. The van der Waals surface area contributed by atoms with E-state index < -0.39 is 0 Å². The molecule has 1 aromatic carbocycles. The van der Waals surface area contributed by atoms with Gasteiger partial charge >= 0.3 is 0 Å². The van der Waals surface area contributed by atoms with Gasteiger partial charge in [-0.1, -0.05) is 29.8 Å². The standard InChI is InChI=1S/C23H29N3O2S/c1-17-5-3-6-18(13-17)15-25-9-11-26(12-10-25)22(27)16-24(2)23(28)21-14-19-7-4-8-20(19)29-21/h3,5-6,13-14H,4,7-12,15-16H2,1-2H3. The van der Waals surface area contributed by atoms with Crippen LogP contribution in [0.5, 0.6) is 0 Å². The molecule has 0 unspecified atom stereocenters. The normalized spacial score (nSPS) is 16.7. The third kappa shape index (κ3) is 4.70. The molecule has 2 aromatic rings. The molecule has 29 heavy (non-hydrogen) atoms. The molecule has 0 bridgehead atoms. The summed E-state index contributed by atoms with van der Waals surface area (Å²) in [5, 5.41) is 0. The summed E-state index contributed by atoms with van der Waals surface area (Å²) in [4.78, 5) is 33.4. The van der Waals surface area contributed by atoms with Gasteiger partial charge < -0.3 is 9.80 Å². The highest BCUT2D eigenvalue weighted by Gasteiger charge is 2.25. The number of carbonyl (C=O) groups excluding carboxylic acids is 2. The van der Waals surface area contributed by atoms with Crippen molar-refractivity contribution in [2.45, 2.75) is 32.7 Å². The Morgan fingerprint density at radius 3 is 2.62 bits per heavy atom. The fourth-order valence-electron chi connectivity index (χ4n) is 4.22. The molecule has 0 atom stereocenters. The number of likely N-dealkylation sites (N-methyl/N-ethyl adjacent to an activating group) is 1. The highest BCUT2D eigenvalue weighted by molar-refractivity contribution is 7.14. The number of hydrogen-bond donors (Lipinski definition) is 0. The lowest BCUT2D eigenvalue weighted by atomic mass is 10.1. The molecule has 0 spiro atoms. The van der Waals surface area contributed by atoms with Crippen LogP contribution >= 0.6 is 11.3 Å². The zero-order chi connectivity index (χ0) is 20.4. The smallest absolute Gasteiger partial charge is 0.264 e. The lowest BCUT2D eigenvalue weighted by Gasteiger charge is -2.35. The maximum Gasteiger partial charge on any atom is 0.264 e. The van der Waals surface area contributed by atoms with E-state index in [-0.39, 0.29) is 18.4 Å². The van der Waals surface area contributed by atoms with Crippen LogP contribution in [0.15, 0.2) is 30.3 Å². The largest absolute Gasteiger partial charge is 0.339 e. The first kappa shape index (κ1) is 20.1. The number of benzene rings is 1. The highest BCUT2D eigenvalue weighted by atomic mass is 32.1. The molecular weight excluding hydrogens is 382 g/mol. The minimum absolute atomic E-state index is 0.0316. The number of fused-ring (bicyclic) bond motifs is 1. The minimum atomic E-state index is -0.0316. The number of piperazine rings is 1. The Labute approximate surface area is 176 Å². The van der Waals surface area contributed by atoms with E-state index in [0.29, 0.717) is 0 Å². The van der Waals surface area contributed by atoms with Gasteiger partial charge in [-0.2, -0.15) is 0 Å². The van der Waals surface area contributed by atoms with Crippen molar-refractivity contribution < 1.29 is 9.59 Å². The summed E-state index contributed by atoms with van der Waals surface area (Å²) in [7, 11) is 1.74. The van der Waals surface area contributed by atoms with Crippen molar-refractivity contribution in [1.29, 1.82) is 0 Å². The topological polar surface area (TPSA) is 43.9 Å². The molecule has 2 amide bonds. The van der Waals surface area contributed by atoms with Crippen LogP contribution in [0.3, 0.4) is 0 Å². The van der Waals surface area contributed by atoms with Gasteiger partial charge in [-0.15, -0.1) is 11.3 Å². The van der Waals surface area contributed by atoms with Crippen LogP contribution in [0, 0.1) is 6.92 Å². The number of thiophene rings is 1. The first-order valence-corrected chi connectivity index (χ1v) is 11.2. The van der Waals surface area contributed by atoms with Gasteiger partial charge in [-0.3, -0.25) is 14.5 Å². The molecule has 2 aliphatic rings. The summed E-state index contributed by atoms with van der Waals surface area (Å²) in [5.41, 5.74) is 3.92. The summed E-state index contributed by atoms with van der Waals surface area (Å²) >= 11 is 1.60. The Kier molecular flexibility index (Phi) is 6.01. The van der Waals surface area contributed by atoms with Gasteiger partial charge in [0.15, 0.2) is 0 Å². The van der Waals surface area contributed by atoms with Gasteiger partial charge in [0.25, 0.3) is 5.91 Å². The fraction of sp³-hybridized carbons (Fsp3) is 0.478. The van der Waals surface area contributed by atoms with Crippen LogP contribution in [0.25, 0.3) is 0 Å². The highest BCUT2D eigenvalue weighted by Crippen LogP contribution is 2.31. The lowest BCUT2D eigenvalue weighted by molar-refractivity contribution is -0.133. The maximum absolute atomic E-state index is 12.7. The SMILES string of the molecule is Cc1cccc(CN2CCN(C(=O)CN(C)C(=O)c3cc4c(s3)CCC4)CC2)c1. The molecule has 4 rings (SSSR count). The molecule has 1 aliphatic heterocycles. The Hall–Kier alpha value is -2.18. The van der Waals surface area contributed by atoms with Crippen molar-refractivity contribution in [2.75, 3.05) is 39.8 Å². The van der Waals surface area contributed by atoms with Gasteiger partial charge in [0.2, 0.25) is 5.91 Å². The molecule has 6 heteroatoms. The number of rotatable bonds is 5. The molecule has 0 N–H and O–H groups in total. The van der Waals surface area contributed by atoms with E-state index in [1.54, 1.807) is 23.3 Å². The van der Waals surface area contributed by atoms with Gasteiger partial charge in [0, 0.05) is 44.6 Å². The Morgan fingerprint density at radius 1 is 1.10 bits per heavy atom. The quantitative estimate of drug-likeness (QED) is 0.760. The van der Waals surface area contributed by atoms with Gasteiger partial charge in [-0.25, -0.2) is 0 Å². The summed E-state index contributed by atoms with van der Waals surface area (Å²) in [5.74, 6) is 0.0102. The molecular formula is C23H29N3O2S. The summed E-state index contributed by atoms with van der Waals surface area (Å²) in [6.45, 7) is 6.37. The van der Waals surface area contributed by atoms with E-state index in [9.17, 15) is 9.59 Å². The average Bonchev–Trinajstić information content (AvgIpc) is 3.30. The second-order valence-corrected chi connectivity index (χ2v) is 9.36. The van der Waals surface area contributed by atoms with Gasteiger partial charge in [0.1, 0.15) is 0 Å². The fourth-order valence-corrected chi connectivity index (χ4v) is 5.47. The maximum atomic E-state index is 12.7. The lowest BCUT2D eigenvalue weighted by Crippen LogP contribution is -2.51. The third-order valence-electron chi connectivity index (χ3n) is 5.89. The van der Waals surface area contributed by atoms with Crippen LogP contribution < -0.4 is 0 Å². The van der Waals surface area contributed by atoms with Crippen molar-refractivity contribution >= 4 is 23.2 Å². The molecule has 1 aliphatic carbocycles. The van der Waals surface area contributed by atoms with E-state index in [1.165, 1.54) is 28.0 Å². The predicted octanol–water partition coefficient (Wildman–Crippen LogP) is 2.96. The zero-order valence-electron chi connectivity index (χ0n) is 17.3. The van der Waals surface area contributed by atoms with E-state index in [4.69, 9.17) is 0 Å². The zero-order valence-corrected chi connectivity index (χ0v) is 18.1. The van der Waals surface area contributed by atoms with Crippen LogP contribution in [-0.2, 0) is 24.2 Å². The van der Waals surface area contributed by atoms with E-state index in [2.05, 4.69) is 36.1 Å². The molecule has 0 radical (unpaired) electrons.